The number of carbonyl (C=O) groups excluding carboxylic acids is 1. The van der Waals surface area contributed by atoms with Crippen LogP contribution in [-0.4, -0.2) is 20.1 Å². The van der Waals surface area contributed by atoms with Crippen molar-refractivity contribution in [2.75, 3.05) is 19.0 Å². The summed E-state index contributed by atoms with van der Waals surface area (Å²) in [6, 6.07) is 5.83. The third kappa shape index (κ3) is 3.10. The first kappa shape index (κ1) is 16.7. The molecule has 0 unspecified atom stereocenters. The van der Waals surface area contributed by atoms with Crippen LogP contribution in [-0.2, 0) is 0 Å². The molecule has 122 valence electrons. The molecule has 8 heteroatoms. The number of esters is 1. The van der Waals surface area contributed by atoms with Crippen LogP contribution in [0.25, 0.3) is 0 Å². The van der Waals surface area contributed by atoms with E-state index >= 15 is 0 Å². The summed E-state index contributed by atoms with van der Waals surface area (Å²) in [6.45, 7) is 0. The lowest BCUT2D eigenvalue weighted by molar-refractivity contribution is 0.0721. The Balaban J connectivity index is 2.41. The molecule has 2 aromatic rings. The highest BCUT2D eigenvalue weighted by molar-refractivity contribution is 5.91. The number of anilines is 1. The highest BCUT2D eigenvalue weighted by Crippen LogP contribution is 2.25. The molecule has 23 heavy (non-hydrogen) atoms. The van der Waals surface area contributed by atoms with E-state index in [-0.39, 0.29) is 5.75 Å². The van der Waals surface area contributed by atoms with Crippen molar-refractivity contribution < 1.29 is 31.5 Å². The summed E-state index contributed by atoms with van der Waals surface area (Å²) in [5.41, 5.74) is -1.04. The van der Waals surface area contributed by atoms with Crippen molar-refractivity contribution in [1.29, 1.82) is 0 Å². The maximum atomic E-state index is 13.5. The van der Waals surface area contributed by atoms with Gasteiger partial charge in [0.25, 0.3) is 0 Å². The van der Waals surface area contributed by atoms with Crippen molar-refractivity contribution in [2.24, 2.45) is 0 Å². The van der Waals surface area contributed by atoms with Gasteiger partial charge in [-0.15, -0.1) is 0 Å². The van der Waals surface area contributed by atoms with Crippen LogP contribution in [0.5, 0.6) is 5.75 Å². The number of carbonyl (C=O) groups is 1. The largest absolute Gasteiger partial charge is 0.423 e. The topological polar surface area (TPSA) is 29.5 Å². The zero-order valence-electron chi connectivity index (χ0n) is 12.0. The predicted octanol–water partition coefficient (Wildman–Crippen LogP) is 3.67. The first-order valence-corrected chi connectivity index (χ1v) is 6.25. The molecular formula is C15H10F5NO2. The van der Waals surface area contributed by atoms with Crippen molar-refractivity contribution in [1.82, 2.24) is 0 Å². The number of benzene rings is 2. The second kappa shape index (κ2) is 6.23. The molecule has 0 atom stereocenters. The molecule has 0 radical (unpaired) electrons. The summed E-state index contributed by atoms with van der Waals surface area (Å²) in [5.74, 6) is -13.0. The minimum absolute atomic E-state index is 0.106. The van der Waals surface area contributed by atoms with E-state index in [0.29, 0.717) is 5.69 Å². The fraction of sp³-hybridized carbons (Fsp3) is 0.133. The molecular weight excluding hydrogens is 321 g/mol. The van der Waals surface area contributed by atoms with E-state index in [2.05, 4.69) is 0 Å². The fourth-order valence-corrected chi connectivity index (χ4v) is 1.77. The first-order chi connectivity index (χ1) is 10.7. The van der Waals surface area contributed by atoms with E-state index in [1.807, 2.05) is 0 Å². The summed E-state index contributed by atoms with van der Waals surface area (Å²) in [6.07, 6.45) is 0. The van der Waals surface area contributed by atoms with Crippen LogP contribution in [0.4, 0.5) is 27.6 Å². The van der Waals surface area contributed by atoms with Gasteiger partial charge in [-0.3, -0.25) is 0 Å². The Bertz CT molecular complexity index is 748. The molecule has 0 aliphatic heterocycles. The molecule has 0 N–H and O–H groups in total. The number of ether oxygens (including phenoxy) is 1. The Morgan fingerprint density at radius 3 is 1.96 bits per heavy atom. The van der Waals surface area contributed by atoms with Gasteiger partial charge >= 0.3 is 5.97 Å². The molecule has 0 aliphatic carbocycles. The molecule has 0 fully saturated rings. The highest BCUT2D eigenvalue weighted by Gasteiger charge is 2.31. The molecule has 0 aliphatic rings. The average Bonchev–Trinajstić information content (AvgIpc) is 2.51. The maximum absolute atomic E-state index is 13.5. The van der Waals surface area contributed by atoms with Gasteiger partial charge < -0.3 is 9.64 Å². The lowest BCUT2D eigenvalue weighted by Crippen LogP contribution is -2.17. The number of halogens is 5. The second-order valence-electron chi connectivity index (χ2n) is 4.73. The van der Waals surface area contributed by atoms with Gasteiger partial charge in [0.15, 0.2) is 23.3 Å². The fourth-order valence-electron chi connectivity index (χ4n) is 1.77. The van der Waals surface area contributed by atoms with E-state index in [4.69, 9.17) is 4.74 Å². The molecule has 0 saturated heterocycles. The van der Waals surface area contributed by atoms with Gasteiger partial charge in [-0.1, -0.05) is 6.07 Å². The van der Waals surface area contributed by atoms with Gasteiger partial charge in [0.05, 0.1) is 0 Å². The van der Waals surface area contributed by atoms with Gasteiger partial charge in [0.1, 0.15) is 11.3 Å². The Labute approximate surface area is 127 Å². The van der Waals surface area contributed by atoms with E-state index in [1.165, 1.54) is 18.2 Å². The Kier molecular flexibility index (Phi) is 4.53. The van der Waals surface area contributed by atoms with Crippen LogP contribution in [0.1, 0.15) is 10.4 Å². The van der Waals surface area contributed by atoms with Crippen LogP contribution >= 0.6 is 0 Å². The van der Waals surface area contributed by atoms with Crippen molar-refractivity contribution in [3.8, 4) is 5.75 Å². The Morgan fingerprint density at radius 2 is 1.43 bits per heavy atom. The molecule has 0 saturated carbocycles. The van der Waals surface area contributed by atoms with E-state index in [9.17, 15) is 26.7 Å². The molecule has 2 rings (SSSR count). The van der Waals surface area contributed by atoms with Crippen LogP contribution in [0, 0.1) is 29.1 Å². The third-order valence-electron chi connectivity index (χ3n) is 2.96. The smallest absolute Gasteiger partial charge is 0.349 e. The highest BCUT2D eigenvalue weighted by atomic mass is 19.2. The Hall–Kier alpha value is -2.64. The average molecular weight is 331 g/mol. The number of nitrogens with zero attached hydrogens (tertiary/aromatic N) is 1. The number of hydrogen-bond donors (Lipinski definition) is 0. The maximum Gasteiger partial charge on any atom is 0.349 e. The molecule has 0 amide bonds. The van der Waals surface area contributed by atoms with Gasteiger partial charge in [-0.05, 0) is 12.1 Å². The zero-order chi connectivity index (χ0) is 17.3. The molecule has 0 aromatic heterocycles. The van der Waals surface area contributed by atoms with Crippen molar-refractivity contribution in [3.05, 3.63) is 58.9 Å². The number of rotatable bonds is 3. The molecule has 0 bridgehead atoms. The molecule has 0 spiro atoms. The minimum Gasteiger partial charge on any atom is -0.423 e. The normalized spacial score (nSPS) is 10.6. The van der Waals surface area contributed by atoms with Gasteiger partial charge in [-0.2, -0.15) is 0 Å². The molecule has 3 nitrogen and oxygen atoms in total. The number of hydrogen-bond acceptors (Lipinski definition) is 3. The van der Waals surface area contributed by atoms with Gasteiger partial charge in [0, 0.05) is 25.8 Å². The van der Waals surface area contributed by atoms with E-state index in [1.54, 1.807) is 25.1 Å². The lowest BCUT2D eigenvalue weighted by Gasteiger charge is -2.14. The molecule has 0 heterocycles. The SMILES string of the molecule is CN(C)c1cccc(OC(=O)c2c(F)c(F)c(F)c(F)c2F)c1. The monoisotopic (exact) mass is 331 g/mol. The van der Waals surface area contributed by atoms with E-state index < -0.39 is 40.6 Å². The van der Waals surface area contributed by atoms with Crippen LogP contribution in [0.15, 0.2) is 24.3 Å². The Morgan fingerprint density at radius 1 is 0.913 bits per heavy atom. The predicted molar refractivity (Wildman–Crippen MR) is 72.0 cm³/mol. The van der Waals surface area contributed by atoms with Crippen LogP contribution in [0.2, 0.25) is 0 Å². The first-order valence-electron chi connectivity index (χ1n) is 6.25. The lowest BCUT2D eigenvalue weighted by atomic mass is 10.1. The summed E-state index contributed by atoms with van der Waals surface area (Å²) < 4.78 is 70.9. The van der Waals surface area contributed by atoms with Crippen LogP contribution < -0.4 is 9.64 Å². The quantitative estimate of drug-likeness (QED) is 0.283. The van der Waals surface area contributed by atoms with Crippen molar-refractivity contribution in [3.63, 3.8) is 0 Å². The molecule has 2 aromatic carbocycles. The second-order valence-corrected chi connectivity index (χ2v) is 4.73. The van der Waals surface area contributed by atoms with Crippen LogP contribution in [0.3, 0.4) is 0 Å². The van der Waals surface area contributed by atoms with E-state index in [0.717, 1.165) is 0 Å². The minimum atomic E-state index is -2.34. The summed E-state index contributed by atoms with van der Waals surface area (Å²) in [5, 5.41) is 0. The zero-order valence-corrected chi connectivity index (χ0v) is 12.0. The van der Waals surface area contributed by atoms with Crippen molar-refractivity contribution in [2.45, 2.75) is 0 Å². The summed E-state index contributed by atoms with van der Waals surface area (Å²) in [7, 11) is 3.40. The van der Waals surface area contributed by atoms with Gasteiger partial charge in [-0.25, -0.2) is 26.7 Å². The van der Waals surface area contributed by atoms with Crippen molar-refractivity contribution >= 4 is 11.7 Å². The van der Waals surface area contributed by atoms with Gasteiger partial charge in [0.2, 0.25) is 5.82 Å². The third-order valence-corrected chi connectivity index (χ3v) is 2.96. The summed E-state index contributed by atoms with van der Waals surface area (Å²) >= 11 is 0. The standard InChI is InChI=1S/C15H10F5NO2/c1-21(2)7-4-3-5-8(6-7)23-15(22)9-10(16)12(18)14(20)13(19)11(9)17/h3-6H,1-2H3. The summed E-state index contributed by atoms with van der Waals surface area (Å²) in [4.78, 5) is 13.4.